The van der Waals surface area contributed by atoms with E-state index in [2.05, 4.69) is 5.32 Å². The van der Waals surface area contributed by atoms with Crippen LogP contribution >= 0.6 is 0 Å². The van der Waals surface area contributed by atoms with Gasteiger partial charge in [-0.05, 0) is 24.6 Å². The van der Waals surface area contributed by atoms with Crippen molar-refractivity contribution in [2.24, 2.45) is 11.8 Å². The van der Waals surface area contributed by atoms with E-state index in [1.165, 1.54) is 12.1 Å². The molecular formula is C13H12FN3O3. The second kappa shape index (κ2) is 4.29. The van der Waals surface area contributed by atoms with Crippen molar-refractivity contribution in [3.8, 4) is 0 Å². The van der Waals surface area contributed by atoms with E-state index >= 15 is 0 Å². The van der Waals surface area contributed by atoms with Gasteiger partial charge in [-0.25, -0.2) is 4.39 Å². The first-order chi connectivity index (χ1) is 9.47. The fourth-order valence-electron chi connectivity index (χ4n) is 2.38. The predicted octanol–water partition coefficient (Wildman–Crippen LogP) is 0.351. The Bertz CT molecular complexity index is 611. The fourth-order valence-corrected chi connectivity index (χ4v) is 2.38. The highest BCUT2D eigenvalue weighted by Gasteiger charge is 2.59. The molecule has 2 aliphatic rings. The van der Waals surface area contributed by atoms with Crippen LogP contribution in [0.15, 0.2) is 18.2 Å². The molecule has 1 aromatic carbocycles. The number of amides is 3. The molecule has 1 saturated heterocycles. The molecule has 0 spiro atoms. The largest absolute Gasteiger partial charge is 0.399 e. The number of halogens is 1. The molecule has 1 aliphatic carbocycles. The summed E-state index contributed by atoms with van der Waals surface area (Å²) in [4.78, 5) is 36.1. The van der Waals surface area contributed by atoms with Crippen LogP contribution in [0.2, 0.25) is 0 Å². The molecule has 7 heteroatoms. The smallest absolute Gasteiger partial charge is 0.244 e. The van der Waals surface area contributed by atoms with Crippen LogP contribution in [0.25, 0.3) is 0 Å². The number of anilines is 2. The Balaban J connectivity index is 1.67. The van der Waals surface area contributed by atoms with Gasteiger partial charge in [0, 0.05) is 5.69 Å². The van der Waals surface area contributed by atoms with Crippen molar-refractivity contribution < 1.29 is 18.8 Å². The summed E-state index contributed by atoms with van der Waals surface area (Å²) in [5.41, 5.74) is 5.73. The van der Waals surface area contributed by atoms with Crippen molar-refractivity contribution in [2.75, 3.05) is 17.6 Å². The maximum atomic E-state index is 13.4. The number of likely N-dealkylation sites (tertiary alicyclic amines) is 1. The molecule has 6 nitrogen and oxygen atoms in total. The molecular weight excluding hydrogens is 265 g/mol. The van der Waals surface area contributed by atoms with Crippen LogP contribution in [-0.4, -0.2) is 29.2 Å². The van der Waals surface area contributed by atoms with Gasteiger partial charge in [-0.15, -0.1) is 0 Å². The molecule has 3 rings (SSSR count). The minimum absolute atomic E-state index is 0.0701. The molecule has 0 aromatic heterocycles. The zero-order chi connectivity index (χ0) is 14.4. The van der Waals surface area contributed by atoms with Crippen molar-refractivity contribution in [3.05, 3.63) is 24.0 Å². The zero-order valence-corrected chi connectivity index (χ0v) is 10.4. The lowest BCUT2D eigenvalue weighted by molar-refractivity contribution is -0.143. The summed E-state index contributed by atoms with van der Waals surface area (Å²) in [6.07, 6.45) is 0.583. The van der Waals surface area contributed by atoms with E-state index in [1.54, 1.807) is 0 Å². The Morgan fingerprint density at radius 3 is 2.65 bits per heavy atom. The van der Waals surface area contributed by atoms with Crippen molar-refractivity contribution in [2.45, 2.75) is 6.42 Å². The van der Waals surface area contributed by atoms with Crippen molar-refractivity contribution in [1.29, 1.82) is 0 Å². The van der Waals surface area contributed by atoms with Crippen LogP contribution in [-0.2, 0) is 14.4 Å². The standard InChI is InChI=1S/C13H12FN3O3/c14-9-2-1-6(15)3-10(9)16-11(18)5-17-12(19)7-4-8(7)13(17)20/h1-3,7-8H,4-5,15H2,(H,16,18). The van der Waals surface area contributed by atoms with Gasteiger partial charge in [0.15, 0.2) is 0 Å². The summed E-state index contributed by atoms with van der Waals surface area (Å²) >= 11 is 0. The molecule has 2 fully saturated rings. The highest BCUT2D eigenvalue weighted by atomic mass is 19.1. The van der Waals surface area contributed by atoms with Gasteiger partial charge in [0.1, 0.15) is 12.4 Å². The summed E-state index contributed by atoms with van der Waals surface area (Å²) in [5.74, 6) is -2.39. The third-order valence-corrected chi connectivity index (χ3v) is 3.52. The number of hydrogen-bond acceptors (Lipinski definition) is 4. The minimum Gasteiger partial charge on any atom is -0.399 e. The molecule has 1 saturated carbocycles. The van der Waals surface area contributed by atoms with Crippen LogP contribution in [0.1, 0.15) is 6.42 Å². The summed E-state index contributed by atoms with van der Waals surface area (Å²) in [5, 5.41) is 2.31. The topological polar surface area (TPSA) is 92.5 Å². The molecule has 2 unspecified atom stereocenters. The van der Waals surface area contributed by atoms with Gasteiger partial charge in [0.2, 0.25) is 17.7 Å². The minimum atomic E-state index is -0.630. The zero-order valence-electron chi connectivity index (χ0n) is 10.4. The SMILES string of the molecule is Nc1ccc(F)c(NC(=O)CN2C(=O)C3CC3C2=O)c1. The number of nitrogens with one attached hydrogen (secondary N) is 1. The first kappa shape index (κ1) is 12.6. The van der Waals surface area contributed by atoms with Gasteiger partial charge < -0.3 is 11.1 Å². The van der Waals surface area contributed by atoms with Crippen LogP contribution in [0.3, 0.4) is 0 Å². The lowest BCUT2D eigenvalue weighted by atomic mass is 10.2. The van der Waals surface area contributed by atoms with Gasteiger partial charge in [-0.3, -0.25) is 19.3 Å². The molecule has 1 heterocycles. The quantitative estimate of drug-likeness (QED) is 0.616. The lowest BCUT2D eigenvalue weighted by Gasteiger charge is -2.16. The number of nitrogens with two attached hydrogens (primary N) is 1. The summed E-state index contributed by atoms with van der Waals surface area (Å²) < 4.78 is 13.4. The van der Waals surface area contributed by atoms with Crippen LogP contribution in [0.5, 0.6) is 0 Å². The summed E-state index contributed by atoms with van der Waals surface area (Å²) in [6.45, 7) is -0.390. The lowest BCUT2D eigenvalue weighted by Crippen LogP contribution is -2.39. The fraction of sp³-hybridized carbons (Fsp3) is 0.308. The van der Waals surface area contributed by atoms with Crippen molar-refractivity contribution in [3.63, 3.8) is 0 Å². The molecule has 0 radical (unpaired) electrons. The summed E-state index contributed by atoms with van der Waals surface area (Å²) in [7, 11) is 0. The van der Waals surface area contributed by atoms with E-state index < -0.39 is 11.7 Å². The molecule has 1 aromatic rings. The predicted molar refractivity (Wildman–Crippen MR) is 67.8 cm³/mol. The highest BCUT2D eigenvalue weighted by molar-refractivity contribution is 6.11. The normalized spacial score (nSPS) is 23.8. The number of piperidine rings is 1. The number of carbonyl (C=O) groups is 3. The first-order valence-corrected chi connectivity index (χ1v) is 6.17. The maximum Gasteiger partial charge on any atom is 0.244 e. The van der Waals surface area contributed by atoms with Gasteiger partial charge in [0.05, 0.1) is 17.5 Å². The number of imide groups is 1. The Labute approximate surface area is 113 Å². The van der Waals surface area contributed by atoms with E-state index in [1.807, 2.05) is 0 Å². The monoisotopic (exact) mass is 277 g/mol. The Hall–Kier alpha value is -2.44. The maximum absolute atomic E-state index is 13.4. The number of fused-ring (bicyclic) bond motifs is 1. The summed E-state index contributed by atoms with van der Waals surface area (Å²) in [6, 6.07) is 3.77. The number of hydrogen-bond donors (Lipinski definition) is 2. The molecule has 0 bridgehead atoms. The van der Waals surface area contributed by atoms with E-state index in [-0.39, 0.29) is 35.9 Å². The third kappa shape index (κ3) is 2.01. The highest BCUT2D eigenvalue weighted by Crippen LogP contribution is 2.46. The molecule has 2 atom stereocenters. The number of rotatable bonds is 3. The first-order valence-electron chi connectivity index (χ1n) is 6.17. The molecule has 1 aliphatic heterocycles. The van der Waals surface area contributed by atoms with Crippen LogP contribution < -0.4 is 11.1 Å². The Kier molecular flexibility index (Phi) is 2.70. The number of carbonyl (C=O) groups excluding carboxylic acids is 3. The van der Waals surface area contributed by atoms with E-state index in [4.69, 9.17) is 5.73 Å². The van der Waals surface area contributed by atoms with Gasteiger partial charge >= 0.3 is 0 Å². The Morgan fingerprint density at radius 1 is 1.35 bits per heavy atom. The molecule has 3 amide bonds. The average Bonchev–Trinajstić information content (AvgIpc) is 3.14. The second-order valence-corrected chi connectivity index (χ2v) is 5.00. The van der Waals surface area contributed by atoms with Crippen LogP contribution in [0.4, 0.5) is 15.8 Å². The van der Waals surface area contributed by atoms with Gasteiger partial charge in [-0.1, -0.05) is 0 Å². The molecule has 20 heavy (non-hydrogen) atoms. The van der Waals surface area contributed by atoms with E-state index in [0.29, 0.717) is 12.1 Å². The Morgan fingerprint density at radius 2 is 2.00 bits per heavy atom. The van der Waals surface area contributed by atoms with E-state index in [0.717, 1.165) is 11.0 Å². The van der Waals surface area contributed by atoms with Crippen molar-refractivity contribution in [1.82, 2.24) is 4.90 Å². The van der Waals surface area contributed by atoms with Gasteiger partial charge in [-0.2, -0.15) is 0 Å². The molecule has 3 N–H and O–H groups in total. The number of nitrogen functional groups attached to an aromatic ring is 1. The third-order valence-electron chi connectivity index (χ3n) is 3.52. The van der Waals surface area contributed by atoms with E-state index in [9.17, 15) is 18.8 Å². The number of nitrogens with zero attached hydrogens (tertiary/aromatic N) is 1. The second-order valence-electron chi connectivity index (χ2n) is 5.00. The average molecular weight is 277 g/mol. The van der Waals surface area contributed by atoms with Crippen LogP contribution in [0, 0.1) is 17.7 Å². The van der Waals surface area contributed by atoms with Gasteiger partial charge in [0.25, 0.3) is 0 Å². The molecule has 104 valence electrons. The van der Waals surface area contributed by atoms with Crippen molar-refractivity contribution >= 4 is 29.1 Å². The number of benzene rings is 1.